The molecular formula is C22H26N6O. The fourth-order valence-corrected chi connectivity index (χ4v) is 3.76. The van der Waals surface area contributed by atoms with Crippen LogP contribution in [-0.4, -0.2) is 50.7 Å². The molecular weight excluding hydrogens is 364 g/mol. The monoisotopic (exact) mass is 390 g/mol. The van der Waals surface area contributed by atoms with Gasteiger partial charge in [0.15, 0.2) is 0 Å². The predicted octanol–water partition coefficient (Wildman–Crippen LogP) is 3.15. The Kier molecular flexibility index (Phi) is 5.29. The van der Waals surface area contributed by atoms with Crippen molar-refractivity contribution in [3.05, 3.63) is 65.4 Å². The second-order valence-corrected chi connectivity index (χ2v) is 7.63. The smallest absolute Gasteiger partial charge is 0.274 e. The third-order valence-corrected chi connectivity index (χ3v) is 5.21. The summed E-state index contributed by atoms with van der Waals surface area (Å²) >= 11 is 0. The number of carbonyl (C=O) groups is 1. The minimum Gasteiger partial charge on any atom is -0.354 e. The van der Waals surface area contributed by atoms with E-state index in [4.69, 9.17) is 0 Å². The van der Waals surface area contributed by atoms with Crippen molar-refractivity contribution in [1.82, 2.24) is 24.6 Å². The van der Waals surface area contributed by atoms with Gasteiger partial charge in [-0.2, -0.15) is 5.10 Å². The zero-order valence-electron chi connectivity index (χ0n) is 17.2. The highest BCUT2D eigenvalue weighted by Crippen LogP contribution is 2.18. The van der Waals surface area contributed by atoms with Crippen molar-refractivity contribution >= 4 is 11.7 Å². The Morgan fingerprint density at radius 3 is 2.66 bits per heavy atom. The van der Waals surface area contributed by atoms with E-state index >= 15 is 0 Å². The average molecular weight is 390 g/mol. The molecule has 1 aromatic carbocycles. The zero-order valence-corrected chi connectivity index (χ0v) is 17.2. The maximum absolute atomic E-state index is 12.6. The maximum Gasteiger partial charge on any atom is 0.274 e. The number of likely N-dealkylation sites (tertiary alicyclic amines) is 1. The highest BCUT2D eigenvalue weighted by molar-refractivity contribution is 5.92. The minimum atomic E-state index is -0.0308. The molecule has 0 bridgehead atoms. The lowest BCUT2D eigenvalue weighted by Crippen LogP contribution is -2.29. The van der Waals surface area contributed by atoms with E-state index in [-0.39, 0.29) is 5.91 Å². The molecule has 3 aromatic rings. The Hall–Kier alpha value is -3.22. The van der Waals surface area contributed by atoms with Crippen LogP contribution in [0.15, 0.2) is 42.7 Å². The van der Waals surface area contributed by atoms with E-state index in [0.29, 0.717) is 18.1 Å². The molecule has 1 saturated heterocycles. The Labute approximate surface area is 171 Å². The molecule has 4 rings (SSSR count). The van der Waals surface area contributed by atoms with E-state index in [1.165, 1.54) is 0 Å². The topological polar surface area (TPSA) is 67.2 Å². The largest absolute Gasteiger partial charge is 0.354 e. The number of amides is 1. The van der Waals surface area contributed by atoms with E-state index < -0.39 is 0 Å². The molecule has 1 aliphatic rings. The zero-order chi connectivity index (χ0) is 20.4. The molecule has 0 unspecified atom stereocenters. The van der Waals surface area contributed by atoms with Gasteiger partial charge in [-0.3, -0.25) is 9.78 Å². The molecule has 1 fully saturated rings. The standard InChI is InChI=1S/C22H26N6O/c1-16-11-17(2)28(25-16)19-8-6-7-18(12-19)15-26(3)21-14-23-13-20(24-21)22(29)27-9-4-5-10-27/h6-8,11-14H,4-5,9-10,15H2,1-3H3. The number of hydrogen-bond donors (Lipinski definition) is 0. The van der Waals surface area contributed by atoms with Gasteiger partial charge in [0, 0.05) is 32.4 Å². The highest BCUT2D eigenvalue weighted by Gasteiger charge is 2.21. The molecule has 1 amide bonds. The van der Waals surface area contributed by atoms with Gasteiger partial charge in [0.25, 0.3) is 5.91 Å². The van der Waals surface area contributed by atoms with Gasteiger partial charge in [0.05, 0.1) is 23.8 Å². The van der Waals surface area contributed by atoms with E-state index in [0.717, 1.165) is 48.6 Å². The normalized spacial score (nSPS) is 13.7. The summed E-state index contributed by atoms with van der Waals surface area (Å²) in [5, 5.41) is 4.57. The minimum absolute atomic E-state index is 0.0308. The first kappa shape index (κ1) is 19.1. The van der Waals surface area contributed by atoms with E-state index in [9.17, 15) is 4.79 Å². The number of benzene rings is 1. The lowest BCUT2D eigenvalue weighted by Gasteiger charge is -2.20. The number of rotatable bonds is 5. The van der Waals surface area contributed by atoms with Crippen molar-refractivity contribution in [3.63, 3.8) is 0 Å². The van der Waals surface area contributed by atoms with Gasteiger partial charge in [-0.1, -0.05) is 12.1 Å². The summed E-state index contributed by atoms with van der Waals surface area (Å²) in [6.07, 6.45) is 5.38. The van der Waals surface area contributed by atoms with Gasteiger partial charge in [-0.15, -0.1) is 0 Å². The molecule has 2 aromatic heterocycles. The van der Waals surface area contributed by atoms with Crippen LogP contribution in [0.2, 0.25) is 0 Å². The second-order valence-electron chi connectivity index (χ2n) is 7.63. The first-order valence-corrected chi connectivity index (χ1v) is 9.96. The van der Waals surface area contributed by atoms with Crippen molar-refractivity contribution in [2.45, 2.75) is 33.2 Å². The highest BCUT2D eigenvalue weighted by atomic mass is 16.2. The molecule has 0 saturated carbocycles. The SMILES string of the molecule is Cc1cc(C)n(-c2cccc(CN(C)c3cncc(C(=O)N4CCCC4)n3)c2)n1. The van der Waals surface area contributed by atoms with Gasteiger partial charge < -0.3 is 9.80 Å². The van der Waals surface area contributed by atoms with Crippen LogP contribution < -0.4 is 4.90 Å². The predicted molar refractivity (Wildman–Crippen MR) is 112 cm³/mol. The van der Waals surface area contributed by atoms with Crippen LogP contribution in [0.5, 0.6) is 0 Å². The molecule has 150 valence electrons. The van der Waals surface area contributed by atoms with Gasteiger partial charge >= 0.3 is 0 Å². The first-order chi connectivity index (χ1) is 14.0. The molecule has 1 aliphatic heterocycles. The summed E-state index contributed by atoms with van der Waals surface area (Å²) in [7, 11) is 1.96. The second kappa shape index (κ2) is 8.03. The van der Waals surface area contributed by atoms with Crippen LogP contribution in [-0.2, 0) is 6.54 Å². The van der Waals surface area contributed by atoms with Crippen LogP contribution in [0.3, 0.4) is 0 Å². The van der Waals surface area contributed by atoms with Crippen LogP contribution in [0, 0.1) is 13.8 Å². The number of aromatic nitrogens is 4. The van der Waals surface area contributed by atoms with Crippen LogP contribution >= 0.6 is 0 Å². The van der Waals surface area contributed by atoms with Gasteiger partial charge in [0.1, 0.15) is 11.5 Å². The maximum atomic E-state index is 12.6. The van der Waals surface area contributed by atoms with Crippen LogP contribution in [0.25, 0.3) is 5.69 Å². The molecule has 29 heavy (non-hydrogen) atoms. The van der Waals surface area contributed by atoms with Crippen LogP contribution in [0.4, 0.5) is 5.82 Å². The molecule has 0 spiro atoms. The summed E-state index contributed by atoms with van der Waals surface area (Å²) in [5.74, 6) is 0.656. The summed E-state index contributed by atoms with van der Waals surface area (Å²) in [5.41, 5.74) is 4.68. The number of hydrogen-bond acceptors (Lipinski definition) is 5. The quantitative estimate of drug-likeness (QED) is 0.669. The van der Waals surface area contributed by atoms with Crippen molar-refractivity contribution in [1.29, 1.82) is 0 Å². The molecule has 3 heterocycles. The van der Waals surface area contributed by atoms with E-state index in [2.05, 4.69) is 46.3 Å². The third-order valence-electron chi connectivity index (χ3n) is 5.21. The van der Waals surface area contributed by atoms with Gasteiger partial charge in [-0.05, 0) is 50.5 Å². The Morgan fingerprint density at radius 1 is 1.14 bits per heavy atom. The summed E-state index contributed by atoms with van der Waals surface area (Å²) in [6.45, 7) is 6.32. The molecule has 0 N–H and O–H groups in total. The fourth-order valence-electron chi connectivity index (χ4n) is 3.76. The van der Waals surface area contributed by atoms with Crippen molar-refractivity contribution in [3.8, 4) is 5.69 Å². The first-order valence-electron chi connectivity index (χ1n) is 9.96. The molecule has 7 heteroatoms. The number of carbonyl (C=O) groups excluding carboxylic acids is 1. The Morgan fingerprint density at radius 2 is 1.93 bits per heavy atom. The summed E-state index contributed by atoms with van der Waals surface area (Å²) in [6, 6.07) is 10.4. The fraction of sp³-hybridized carbons (Fsp3) is 0.364. The number of anilines is 1. The van der Waals surface area contributed by atoms with Crippen molar-refractivity contribution in [2.24, 2.45) is 0 Å². The lowest BCUT2D eigenvalue weighted by molar-refractivity contribution is 0.0786. The molecule has 7 nitrogen and oxygen atoms in total. The molecule has 0 radical (unpaired) electrons. The Balaban J connectivity index is 1.52. The van der Waals surface area contributed by atoms with Gasteiger partial charge in [0.2, 0.25) is 0 Å². The average Bonchev–Trinajstić information content (AvgIpc) is 3.37. The van der Waals surface area contributed by atoms with Crippen molar-refractivity contribution < 1.29 is 4.79 Å². The van der Waals surface area contributed by atoms with Crippen molar-refractivity contribution in [2.75, 3.05) is 25.0 Å². The van der Waals surface area contributed by atoms with Crippen LogP contribution in [0.1, 0.15) is 40.3 Å². The van der Waals surface area contributed by atoms with E-state index in [1.54, 1.807) is 12.4 Å². The number of aryl methyl sites for hydroxylation is 2. The number of nitrogens with zero attached hydrogens (tertiary/aromatic N) is 6. The third kappa shape index (κ3) is 4.13. The summed E-state index contributed by atoms with van der Waals surface area (Å²) < 4.78 is 1.95. The molecule has 0 atom stereocenters. The van der Waals surface area contributed by atoms with Gasteiger partial charge in [-0.25, -0.2) is 9.67 Å². The van der Waals surface area contributed by atoms with E-state index in [1.807, 2.05) is 34.5 Å². The lowest BCUT2D eigenvalue weighted by atomic mass is 10.2. The Bertz CT molecular complexity index is 1020. The molecule has 0 aliphatic carbocycles. The summed E-state index contributed by atoms with van der Waals surface area (Å²) in [4.78, 5) is 25.3.